The van der Waals surface area contributed by atoms with Crippen molar-refractivity contribution in [2.45, 2.75) is 6.54 Å². The van der Waals surface area contributed by atoms with Gasteiger partial charge in [-0.2, -0.15) is 0 Å². The minimum atomic E-state index is -0.205. The minimum Gasteiger partial charge on any atom is -0.504 e. The number of piperazine rings is 1. The summed E-state index contributed by atoms with van der Waals surface area (Å²) in [6.45, 7) is 2.61. The van der Waals surface area contributed by atoms with Crippen molar-refractivity contribution in [3.8, 4) is 28.7 Å². The molecule has 0 aromatic heterocycles. The zero-order valence-corrected chi connectivity index (χ0v) is 22.9. The molecular weight excluding hydrogens is 518 g/mol. The first-order valence-corrected chi connectivity index (χ1v) is 12.8. The number of anilines is 1. The highest BCUT2D eigenvalue weighted by Crippen LogP contribution is 2.41. The summed E-state index contributed by atoms with van der Waals surface area (Å²) in [5.74, 6) is 1.42. The molecule has 1 saturated heterocycles. The zero-order valence-electron chi connectivity index (χ0n) is 21.3. The molecule has 3 rings (SSSR count). The van der Waals surface area contributed by atoms with Gasteiger partial charge in [0.05, 0.1) is 46.4 Å². The fraction of sp³-hybridized carbons (Fsp3) is 0.400. The van der Waals surface area contributed by atoms with Gasteiger partial charge in [-0.1, -0.05) is 30.0 Å². The predicted octanol–water partition coefficient (Wildman–Crippen LogP) is 2.75. The number of thioether (sulfide) groups is 1. The van der Waals surface area contributed by atoms with E-state index in [-0.39, 0.29) is 24.0 Å². The molecule has 0 radical (unpaired) electrons. The smallest absolute Gasteiger partial charge is 0.237 e. The number of thiocarbonyl (C=S) groups is 1. The number of carbonyl (C=O) groups is 2. The Kier molecular flexibility index (Phi) is 10.1. The van der Waals surface area contributed by atoms with Gasteiger partial charge >= 0.3 is 0 Å². The van der Waals surface area contributed by atoms with Crippen molar-refractivity contribution in [3.05, 3.63) is 35.9 Å². The first kappa shape index (κ1) is 28.2. The van der Waals surface area contributed by atoms with Gasteiger partial charge in [-0.15, -0.1) is 0 Å². The van der Waals surface area contributed by atoms with Crippen LogP contribution in [0.3, 0.4) is 0 Å². The summed E-state index contributed by atoms with van der Waals surface area (Å²) < 4.78 is 22.1. The Hall–Kier alpha value is -3.38. The molecule has 12 heteroatoms. The Morgan fingerprint density at radius 1 is 1.00 bits per heavy atom. The number of aromatic hydroxyl groups is 1. The van der Waals surface area contributed by atoms with Gasteiger partial charge in [0.2, 0.25) is 18.1 Å². The predicted molar refractivity (Wildman–Crippen MR) is 146 cm³/mol. The third kappa shape index (κ3) is 6.89. The number of benzene rings is 2. The molecule has 200 valence electrons. The van der Waals surface area contributed by atoms with Gasteiger partial charge in [0.1, 0.15) is 4.32 Å². The van der Waals surface area contributed by atoms with Crippen molar-refractivity contribution in [1.82, 2.24) is 9.80 Å². The maximum absolute atomic E-state index is 13.6. The molecule has 0 aliphatic carbocycles. The second kappa shape index (κ2) is 13.2. The van der Waals surface area contributed by atoms with Crippen LogP contribution in [0.5, 0.6) is 28.7 Å². The number of ether oxygens (including phenoxy) is 4. The van der Waals surface area contributed by atoms with Crippen molar-refractivity contribution < 1.29 is 33.6 Å². The van der Waals surface area contributed by atoms with E-state index in [1.807, 2.05) is 4.90 Å². The van der Waals surface area contributed by atoms with Crippen LogP contribution in [0, 0.1) is 0 Å². The van der Waals surface area contributed by atoms with Crippen LogP contribution in [0.25, 0.3) is 0 Å². The lowest BCUT2D eigenvalue weighted by atomic mass is 10.1. The molecule has 0 spiro atoms. The van der Waals surface area contributed by atoms with E-state index in [9.17, 15) is 14.7 Å². The summed E-state index contributed by atoms with van der Waals surface area (Å²) in [4.78, 5) is 29.8. The Bertz CT molecular complexity index is 1100. The standard InChI is InChI=1S/C25H31N3O7S2/c1-32-20-6-5-17(11-19(20)30)14-28(18-12-21(33-2)24(35-4)22(13-18)34-3)23(31)15-37-25(36)27-9-7-26(16-29)8-10-27/h5-6,11-13,16,30H,7-10,14-15H2,1-4H3. The SMILES string of the molecule is COc1ccc(CN(C(=O)CSC(=S)N2CCN(C=O)CC2)c2cc(OC)c(OC)c(OC)c2)cc1O. The topological polar surface area (TPSA) is 101 Å². The molecule has 0 saturated carbocycles. The number of nitrogens with zero attached hydrogens (tertiary/aromatic N) is 3. The summed E-state index contributed by atoms with van der Waals surface area (Å²) >= 11 is 6.84. The first-order valence-electron chi connectivity index (χ1n) is 11.4. The van der Waals surface area contributed by atoms with Crippen LogP contribution in [-0.2, 0) is 16.1 Å². The van der Waals surface area contributed by atoms with E-state index in [0.717, 1.165) is 6.41 Å². The molecule has 2 aromatic carbocycles. The van der Waals surface area contributed by atoms with Gasteiger partial charge in [-0.05, 0) is 17.7 Å². The van der Waals surface area contributed by atoms with Crippen LogP contribution in [-0.4, -0.2) is 91.9 Å². The molecule has 1 heterocycles. The van der Waals surface area contributed by atoms with Crippen molar-refractivity contribution in [1.29, 1.82) is 0 Å². The highest BCUT2D eigenvalue weighted by molar-refractivity contribution is 8.23. The summed E-state index contributed by atoms with van der Waals surface area (Å²) in [6, 6.07) is 8.38. The molecule has 1 N–H and O–H groups in total. The molecular formula is C25H31N3O7S2. The van der Waals surface area contributed by atoms with Crippen LogP contribution < -0.4 is 23.8 Å². The van der Waals surface area contributed by atoms with Crippen LogP contribution >= 0.6 is 24.0 Å². The van der Waals surface area contributed by atoms with Gasteiger partial charge < -0.3 is 38.8 Å². The minimum absolute atomic E-state index is 0.0256. The number of hydrogen-bond donors (Lipinski definition) is 1. The van der Waals surface area contributed by atoms with Gasteiger partial charge in [-0.25, -0.2) is 0 Å². The molecule has 2 amide bonds. The second-order valence-corrected chi connectivity index (χ2v) is 9.66. The molecule has 0 bridgehead atoms. The lowest BCUT2D eigenvalue weighted by Crippen LogP contribution is -2.47. The fourth-order valence-corrected chi connectivity index (χ4v) is 4.99. The Balaban J connectivity index is 1.86. The van der Waals surface area contributed by atoms with E-state index in [1.54, 1.807) is 40.1 Å². The van der Waals surface area contributed by atoms with Crippen LogP contribution in [0.2, 0.25) is 0 Å². The third-order valence-electron chi connectivity index (χ3n) is 5.89. The van der Waals surface area contributed by atoms with Gasteiger partial charge in [0.15, 0.2) is 23.0 Å². The molecule has 0 atom stereocenters. The summed E-state index contributed by atoms with van der Waals surface area (Å²) in [5, 5.41) is 10.3. The molecule has 1 aliphatic heterocycles. The molecule has 1 aliphatic rings. The third-order valence-corrected chi connectivity index (χ3v) is 7.40. The molecule has 37 heavy (non-hydrogen) atoms. The maximum Gasteiger partial charge on any atom is 0.237 e. The average Bonchev–Trinajstić information content (AvgIpc) is 2.93. The van der Waals surface area contributed by atoms with E-state index in [1.165, 1.54) is 40.2 Å². The zero-order chi connectivity index (χ0) is 26.9. The summed E-state index contributed by atoms with van der Waals surface area (Å²) in [5.41, 5.74) is 1.22. The molecule has 0 unspecified atom stereocenters. The highest BCUT2D eigenvalue weighted by atomic mass is 32.2. The van der Waals surface area contributed by atoms with Gasteiger partial charge in [-0.3, -0.25) is 9.59 Å². The Labute approximate surface area is 226 Å². The lowest BCUT2D eigenvalue weighted by Gasteiger charge is -2.34. The van der Waals surface area contributed by atoms with Crippen molar-refractivity contribution in [2.24, 2.45) is 0 Å². The van der Waals surface area contributed by atoms with Crippen LogP contribution in [0.1, 0.15) is 5.56 Å². The van der Waals surface area contributed by atoms with Crippen LogP contribution in [0.4, 0.5) is 5.69 Å². The number of carbonyl (C=O) groups excluding carboxylic acids is 2. The maximum atomic E-state index is 13.6. The van der Waals surface area contributed by atoms with Crippen LogP contribution in [0.15, 0.2) is 30.3 Å². The number of phenols is 1. The molecule has 2 aromatic rings. The normalized spacial score (nSPS) is 13.1. The fourth-order valence-electron chi connectivity index (χ4n) is 3.87. The number of amides is 2. The summed E-state index contributed by atoms with van der Waals surface area (Å²) in [7, 11) is 6.00. The number of phenolic OH excluding ortho intramolecular Hbond substituents is 1. The first-order chi connectivity index (χ1) is 17.8. The molecule has 1 fully saturated rings. The highest BCUT2D eigenvalue weighted by Gasteiger charge is 2.24. The Morgan fingerprint density at radius 3 is 2.14 bits per heavy atom. The number of methoxy groups -OCH3 is 4. The largest absolute Gasteiger partial charge is 0.504 e. The van der Waals surface area contributed by atoms with E-state index < -0.39 is 0 Å². The van der Waals surface area contributed by atoms with E-state index in [0.29, 0.717) is 64.7 Å². The van der Waals surface area contributed by atoms with Crippen molar-refractivity contribution >= 4 is 46.3 Å². The summed E-state index contributed by atoms with van der Waals surface area (Å²) in [6.07, 6.45) is 0.837. The quantitative estimate of drug-likeness (QED) is 0.352. The average molecular weight is 550 g/mol. The van der Waals surface area contributed by atoms with Gasteiger partial charge in [0, 0.05) is 38.3 Å². The monoisotopic (exact) mass is 549 g/mol. The van der Waals surface area contributed by atoms with E-state index in [2.05, 4.69) is 0 Å². The van der Waals surface area contributed by atoms with Gasteiger partial charge in [0.25, 0.3) is 0 Å². The number of rotatable bonds is 10. The van der Waals surface area contributed by atoms with Crippen molar-refractivity contribution in [3.63, 3.8) is 0 Å². The number of hydrogen-bond acceptors (Lipinski definition) is 9. The van der Waals surface area contributed by atoms with E-state index >= 15 is 0 Å². The Morgan fingerprint density at radius 2 is 1.62 bits per heavy atom. The molecule has 10 nitrogen and oxygen atoms in total. The lowest BCUT2D eigenvalue weighted by molar-refractivity contribution is -0.119. The second-order valence-electron chi connectivity index (χ2n) is 8.05. The van der Waals surface area contributed by atoms with E-state index in [4.69, 9.17) is 31.2 Å². The van der Waals surface area contributed by atoms with Crippen molar-refractivity contribution in [2.75, 3.05) is 65.3 Å².